The third-order valence-corrected chi connectivity index (χ3v) is 6.30. The predicted molar refractivity (Wildman–Crippen MR) is 129 cm³/mol. The number of hydrogen-bond donors (Lipinski definition) is 1. The zero-order valence-corrected chi connectivity index (χ0v) is 20.3. The van der Waals surface area contributed by atoms with Crippen LogP contribution in [0.2, 0.25) is 10.0 Å². The first-order valence-electron chi connectivity index (χ1n) is 10.9. The Kier molecular flexibility index (Phi) is 9.86. The van der Waals surface area contributed by atoms with Gasteiger partial charge in [-0.25, -0.2) is 0 Å². The van der Waals surface area contributed by atoms with E-state index in [9.17, 15) is 9.59 Å². The number of aryl methyl sites for hydroxylation is 2. The van der Waals surface area contributed by atoms with Crippen molar-refractivity contribution in [1.82, 2.24) is 10.2 Å². The van der Waals surface area contributed by atoms with E-state index in [4.69, 9.17) is 23.2 Å². The summed E-state index contributed by atoms with van der Waals surface area (Å²) >= 11 is 12.2. The number of carbonyl (C=O) groups is 2. The molecule has 2 aromatic rings. The van der Waals surface area contributed by atoms with Crippen molar-refractivity contribution in [3.63, 3.8) is 0 Å². The fourth-order valence-electron chi connectivity index (χ4n) is 3.22. The van der Waals surface area contributed by atoms with Crippen LogP contribution in [0.4, 0.5) is 0 Å². The fraction of sp³-hybridized carbons (Fsp3) is 0.440. The molecule has 0 saturated heterocycles. The van der Waals surface area contributed by atoms with Gasteiger partial charge in [0.1, 0.15) is 6.04 Å². The number of hydrogen-bond acceptors (Lipinski definition) is 2. The van der Waals surface area contributed by atoms with E-state index < -0.39 is 6.04 Å². The molecule has 6 heteroatoms. The molecule has 0 aliphatic heterocycles. The van der Waals surface area contributed by atoms with Gasteiger partial charge in [0.15, 0.2) is 0 Å². The quantitative estimate of drug-likeness (QED) is 0.483. The molecular formula is C25H32Cl2N2O2. The summed E-state index contributed by atoms with van der Waals surface area (Å²) in [5.74, 6) is -0.229. The second-order valence-electron chi connectivity index (χ2n) is 7.93. The van der Waals surface area contributed by atoms with E-state index in [0.717, 1.165) is 24.0 Å². The molecule has 0 heterocycles. The van der Waals surface area contributed by atoms with Crippen molar-refractivity contribution < 1.29 is 9.59 Å². The molecule has 2 atom stereocenters. The van der Waals surface area contributed by atoms with E-state index in [1.807, 2.05) is 19.9 Å². The summed E-state index contributed by atoms with van der Waals surface area (Å²) in [7, 11) is 0. The average Bonchev–Trinajstić information content (AvgIpc) is 2.77. The van der Waals surface area contributed by atoms with Gasteiger partial charge < -0.3 is 10.2 Å². The van der Waals surface area contributed by atoms with Crippen LogP contribution in [-0.2, 0) is 29.0 Å². The van der Waals surface area contributed by atoms with Crippen LogP contribution in [-0.4, -0.2) is 28.8 Å². The lowest BCUT2D eigenvalue weighted by Crippen LogP contribution is -2.49. The summed E-state index contributed by atoms with van der Waals surface area (Å²) in [4.78, 5) is 27.6. The smallest absolute Gasteiger partial charge is 0.242 e. The molecule has 0 aliphatic carbocycles. The van der Waals surface area contributed by atoms with Gasteiger partial charge in [0.25, 0.3) is 0 Å². The fourth-order valence-corrected chi connectivity index (χ4v) is 3.54. The maximum Gasteiger partial charge on any atom is 0.242 e. The molecule has 2 amide bonds. The zero-order valence-electron chi connectivity index (χ0n) is 18.8. The molecule has 168 valence electrons. The normalized spacial score (nSPS) is 12.8. The minimum absolute atomic E-state index is 0.0500. The maximum absolute atomic E-state index is 13.2. The highest BCUT2D eigenvalue weighted by Crippen LogP contribution is 2.24. The Bertz CT molecular complexity index is 884. The van der Waals surface area contributed by atoms with Crippen molar-refractivity contribution in [2.45, 2.75) is 72.0 Å². The Morgan fingerprint density at radius 3 is 2.13 bits per heavy atom. The van der Waals surface area contributed by atoms with Gasteiger partial charge in [-0.05, 0) is 61.9 Å². The number of amides is 2. The molecule has 2 rings (SSSR count). The van der Waals surface area contributed by atoms with E-state index in [-0.39, 0.29) is 17.9 Å². The van der Waals surface area contributed by atoms with Crippen LogP contribution in [0.25, 0.3) is 0 Å². The Balaban J connectivity index is 2.16. The highest BCUT2D eigenvalue weighted by molar-refractivity contribution is 6.42. The van der Waals surface area contributed by atoms with Crippen LogP contribution >= 0.6 is 23.2 Å². The van der Waals surface area contributed by atoms with Crippen LogP contribution < -0.4 is 5.32 Å². The van der Waals surface area contributed by atoms with Gasteiger partial charge in [-0.15, -0.1) is 0 Å². The SMILES string of the molecule is CCc1ccc(CCC(=O)N(Cc2ccc(Cl)c(Cl)c2)[C@H](C)C(=O)N[C@@H](C)CC)cc1. The van der Waals surface area contributed by atoms with Gasteiger partial charge in [-0.3, -0.25) is 9.59 Å². The average molecular weight is 463 g/mol. The zero-order chi connectivity index (χ0) is 23.0. The van der Waals surface area contributed by atoms with Crippen LogP contribution in [0.3, 0.4) is 0 Å². The monoisotopic (exact) mass is 462 g/mol. The van der Waals surface area contributed by atoms with E-state index >= 15 is 0 Å². The Hall–Kier alpha value is -2.04. The highest BCUT2D eigenvalue weighted by atomic mass is 35.5. The van der Waals surface area contributed by atoms with Crippen LogP contribution in [0, 0.1) is 0 Å². The Morgan fingerprint density at radius 1 is 0.935 bits per heavy atom. The molecule has 0 saturated carbocycles. The molecule has 2 aromatic carbocycles. The van der Waals surface area contributed by atoms with Gasteiger partial charge in [-0.1, -0.05) is 67.4 Å². The molecule has 0 aliphatic rings. The van der Waals surface area contributed by atoms with Crippen molar-refractivity contribution in [3.8, 4) is 0 Å². The molecular weight excluding hydrogens is 431 g/mol. The molecule has 0 unspecified atom stereocenters. The summed E-state index contributed by atoms with van der Waals surface area (Å²) < 4.78 is 0. The summed E-state index contributed by atoms with van der Waals surface area (Å²) in [5.41, 5.74) is 3.21. The van der Waals surface area contributed by atoms with Crippen LogP contribution in [0.1, 0.15) is 57.2 Å². The van der Waals surface area contributed by atoms with Crippen molar-refractivity contribution >= 4 is 35.0 Å². The molecule has 4 nitrogen and oxygen atoms in total. The van der Waals surface area contributed by atoms with Gasteiger partial charge >= 0.3 is 0 Å². The molecule has 0 radical (unpaired) electrons. The summed E-state index contributed by atoms with van der Waals surface area (Å²) in [5, 5.41) is 3.87. The number of carbonyl (C=O) groups excluding carboxylic acids is 2. The van der Waals surface area contributed by atoms with E-state index in [1.54, 1.807) is 24.0 Å². The summed E-state index contributed by atoms with van der Waals surface area (Å²) in [6.45, 7) is 8.14. The van der Waals surface area contributed by atoms with Crippen molar-refractivity contribution in [1.29, 1.82) is 0 Å². The predicted octanol–water partition coefficient (Wildman–Crippen LogP) is 5.82. The van der Waals surface area contributed by atoms with Crippen LogP contribution in [0.15, 0.2) is 42.5 Å². The maximum atomic E-state index is 13.2. The number of benzene rings is 2. The molecule has 0 aromatic heterocycles. The third-order valence-electron chi connectivity index (χ3n) is 5.56. The third kappa shape index (κ3) is 7.55. The lowest BCUT2D eigenvalue weighted by Gasteiger charge is -2.30. The Morgan fingerprint density at radius 2 is 1.55 bits per heavy atom. The first-order chi connectivity index (χ1) is 14.7. The second kappa shape index (κ2) is 12.1. The van der Waals surface area contributed by atoms with E-state index in [2.05, 4.69) is 36.5 Å². The summed E-state index contributed by atoms with van der Waals surface area (Å²) in [6, 6.07) is 13.0. The highest BCUT2D eigenvalue weighted by Gasteiger charge is 2.26. The summed E-state index contributed by atoms with van der Waals surface area (Å²) in [6.07, 6.45) is 2.76. The Labute approximate surface area is 195 Å². The first kappa shape index (κ1) is 25.2. The lowest BCUT2D eigenvalue weighted by molar-refractivity contribution is -0.140. The number of nitrogens with zero attached hydrogens (tertiary/aromatic N) is 1. The lowest BCUT2D eigenvalue weighted by atomic mass is 10.0. The van der Waals surface area contributed by atoms with Gasteiger partial charge in [-0.2, -0.15) is 0 Å². The van der Waals surface area contributed by atoms with Gasteiger partial charge in [0.05, 0.1) is 10.0 Å². The van der Waals surface area contributed by atoms with E-state index in [0.29, 0.717) is 29.4 Å². The number of rotatable bonds is 10. The second-order valence-corrected chi connectivity index (χ2v) is 8.75. The topological polar surface area (TPSA) is 49.4 Å². The van der Waals surface area contributed by atoms with Crippen molar-refractivity contribution in [3.05, 3.63) is 69.2 Å². The molecule has 31 heavy (non-hydrogen) atoms. The number of nitrogens with one attached hydrogen (secondary N) is 1. The minimum Gasteiger partial charge on any atom is -0.352 e. The van der Waals surface area contributed by atoms with Gasteiger partial charge in [0, 0.05) is 19.0 Å². The minimum atomic E-state index is -0.599. The first-order valence-corrected chi connectivity index (χ1v) is 11.6. The van der Waals surface area contributed by atoms with Gasteiger partial charge in [0.2, 0.25) is 11.8 Å². The largest absolute Gasteiger partial charge is 0.352 e. The standard InChI is InChI=1S/C25H32Cl2N2O2/c1-5-17(3)28-25(31)18(4)29(16-21-11-13-22(26)23(27)15-21)24(30)14-12-20-9-7-19(6-2)8-10-20/h7-11,13,15,17-18H,5-6,12,14,16H2,1-4H3,(H,28,31)/t17-,18+/m0/s1. The molecule has 0 fully saturated rings. The number of halogens is 2. The molecule has 0 bridgehead atoms. The molecule has 0 spiro atoms. The van der Waals surface area contributed by atoms with Crippen molar-refractivity contribution in [2.75, 3.05) is 0 Å². The van der Waals surface area contributed by atoms with Crippen LogP contribution in [0.5, 0.6) is 0 Å². The van der Waals surface area contributed by atoms with E-state index in [1.165, 1.54) is 5.56 Å². The molecule has 1 N–H and O–H groups in total. The van der Waals surface area contributed by atoms with Crippen molar-refractivity contribution in [2.24, 2.45) is 0 Å².